The van der Waals surface area contributed by atoms with Crippen LogP contribution in [0.15, 0.2) is 0 Å². The Morgan fingerprint density at radius 3 is 2.33 bits per heavy atom. The average Bonchev–Trinajstić information content (AvgIpc) is 2.00. The first kappa shape index (κ1) is 11.5. The van der Waals surface area contributed by atoms with Crippen molar-refractivity contribution in [1.29, 1.82) is 0 Å². The van der Waals surface area contributed by atoms with E-state index >= 15 is 0 Å². The molecule has 0 aromatic carbocycles. The zero-order valence-corrected chi connectivity index (χ0v) is 8.68. The van der Waals surface area contributed by atoms with E-state index in [1.165, 1.54) is 0 Å². The highest BCUT2D eigenvalue weighted by Crippen LogP contribution is 2.03. The predicted molar refractivity (Wildman–Crippen MR) is 52.0 cm³/mol. The first-order valence-corrected chi connectivity index (χ1v) is 4.85. The second-order valence-corrected chi connectivity index (χ2v) is 3.81. The molecule has 2 heteroatoms. The van der Waals surface area contributed by atoms with Crippen LogP contribution < -0.4 is 5.32 Å². The van der Waals surface area contributed by atoms with E-state index in [1.54, 1.807) is 0 Å². The van der Waals surface area contributed by atoms with E-state index in [4.69, 9.17) is 0 Å². The van der Waals surface area contributed by atoms with Crippen LogP contribution in [0.1, 0.15) is 47.0 Å². The second-order valence-electron chi connectivity index (χ2n) is 3.81. The molecule has 1 atom stereocenters. The Labute approximate surface area is 75.7 Å². The Kier molecular flexibility index (Phi) is 5.77. The highest BCUT2D eigenvalue weighted by atomic mass is 16.1. The van der Waals surface area contributed by atoms with E-state index in [0.717, 1.165) is 12.8 Å². The van der Waals surface area contributed by atoms with Crippen LogP contribution in [0.25, 0.3) is 0 Å². The van der Waals surface area contributed by atoms with Gasteiger partial charge in [0, 0.05) is 12.5 Å². The highest BCUT2D eigenvalue weighted by molar-refractivity contribution is 5.76. The lowest BCUT2D eigenvalue weighted by molar-refractivity contribution is -0.121. The van der Waals surface area contributed by atoms with Crippen molar-refractivity contribution in [2.24, 2.45) is 5.92 Å². The third-order valence-corrected chi connectivity index (χ3v) is 1.97. The maximum absolute atomic E-state index is 11.2. The van der Waals surface area contributed by atoms with Gasteiger partial charge in [-0.2, -0.15) is 0 Å². The van der Waals surface area contributed by atoms with Crippen LogP contribution in [-0.4, -0.2) is 11.9 Å². The fraction of sp³-hybridized carbons (Fsp3) is 0.900. The molecule has 12 heavy (non-hydrogen) atoms. The molecule has 2 nitrogen and oxygen atoms in total. The summed E-state index contributed by atoms with van der Waals surface area (Å²) in [7, 11) is 0. The van der Waals surface area contributed by atoms with Crippen molar-refractivity contribution in [3.05, 3.63) is 0 Å². The van der Waals surface area contributed by atoms with Gasteiger partial charge in [0.15, 0.2) is 0 Å². The highest BCUT2D eigenvalue weighted by Gasteiger charge is 2.05. The molecule has 0 spiro atoms. The number of carbonyl (C=O) groups excluding carboxylic acids is 1. The molecule has 0 aromatic rings. The minimum absolute atomic E-state index is 0.193. The zero-order chi connectivity index (χ0) is 9.56. The topological polar surface area (TPSA) is 29.1 Å². The van der Waals surface area contributed by atoms with Crippen LogP contribution >= 0.6 is 0 Å². The van der Waals surface area contributed by atoms with E-state index in [2.05, 4.69) is 26.1 Å². The number of nitrogens with one attached hydrogen (secondary N) is 1. The van der Waals surface area contributed by atoms with Gasteiger partial charge in [-0.15, -0.1) is 0 Å². The number of hydrogen-bond donors (Lipinski definition) is 1. The summed E-state index contributed by atoms with van der Waals surface area (Å²) in [6.45, 7) is 8.38. The molecule has 0 fully saturated rings. The van der Waals surface area contributed by atoms with Crippen LogP contribution in [0, 0.1) is 5.92 Å². The Balaban J connectivity index is 3.46. The van der Waals surface area contributed by atoms with Crippen LogP contribution in [-0.2, 0) is 4.79 Å². The van der Waals surface area contributed by atoms with E-state index in [1.807, 2.05) is 6.92 Å². The van der Waals surface area contributed by atoms with Crippen molar-refractivity contribution in [1.82, 2.24) is 5.32 Å². The average molecular weight is 171 g/mol. The molecule has 0 saturated heterocycles. The summed E-state index contributed by atoms with van der Waals surface area (Å²) >= 11 is 0. The molecule has 0 aromatic heterocycles. The largest absolute Gasteiger partial charge is 0.354 e. The fourth-order valence-electron chi connectivity index (χ4n) is 0.869. The molecule has 1 N–H and O–H groups in total. The van der Waals surface area contributed by atoms with Gasteiger partial charge in [-0.05, 0) is 25.7 Å². The second kappa shape index (κ2) is 6.04. The van der Waals surface area contributed by atoms with Crippen molar-refractivity contribution < 1.29 is 4.79 Å². The maximum atomic E-state index is 11.2. The van der Waals surface area contributed by atoms with Gasteiger partial charge >= 0.3 is 0 Å². The van der Waals surface area contributed by atoms with Crippen LogP contribution in [0.2, 0.25) is 0 Å². The molecule has 0 aliphatic rings. The number of rotatable bonds is 5. The van der Waals surface area contributed by atoms with Gasteiger partial charge < -0.3 is 5.32 Å². The van der Waals surface area contributed by atoms with Crippen LogP contribution in [0.3, 0.4) is 0 Å². The molecule has 0 saturated carbocycles. The first-order chi connectivity index (χ1) is 5.56. The summed E-state index contributed by atoms with van der Waals surface area (Å²) in [5.74, 6) is 0.811. The molecular formula is C10H21NO. The first-order valence-electron chi connectivity index (χ1n) is 4.85. The summed E-state index contributed by atoms with van der Waals surface area (Å²) in [6, 6.07) is 0.324. The SMILES string of the molecule is CCC(C)NC(=O)CCC(C)C. The molecule has 0 aliphatic carbocycles. The Bertz CT molecular complexity index is 132. The molecule has 0 bridgehead atoms. The van der Waals surface area contributed by atoms with E-state index in [9.17, 15) is 4.79 Å². The van der Waals surface area contributed by atoms with Crippen LogP contribution in [0.5, 0.6) is 0 Å². The van der Waals surface area contributed by atoms with Gasteiger partial charge in [-0.25, -0.2) is 0 Å². The van der Waals surface area contributed by atoms with Gasteiger partial charge in [-0.1, -0.05) is 20.8 Å². The van der Waals surface area contributed by atoms with E-state index < -0.39 is 0 Å². The normalized spacial score (nSPS) is 13.1. The molecule has 1 amide bonds. The quantitative estimate of drug-likeness (QED) is 0.676. The lowest BCUT2D eigenvalue weighted by Crippen LogP contribution is -2.31. The smallest absolute Gasteiger partial charge is 0.220 e. The molecule has 1 unspecified atom stereocenters. The summed E-state index contributed by atoms with van der Waals surface area (Å²) < 4.78 is 0. The number of amides is 1. The Hall–Kier alpha value is -0.530. The Morgan fingerprint density at radius 1 is 1.33 bits per heavy atom. The van der Waals surface area contributed by atoms with E-state index in [0.29, 0.717) is 18.4 Å². The molecule has 72 valence electrons. The minimum Gasteiger partial charge on any atom is -0.354 e. The maximum Gasteiger partial charge on any atom is 0.220 e. The molecular weight excluding hydrogens is 150 g/mol. The molecule has 0 heterocycles. The van der Waals surface area contributed by atoms with Crippen molar-refractivity contribution in [3.8, 4) is 0 Å². The summed E-state index contributed by atoms with van der Waals surface area (Å²) in [5, 5.41) is 2.95. The summed E-state index contributed by atoms with van der Waals surface area (Å²) in [5.41, 5.74) is 0. The van der Waals surface area contributed by atoms with Gasteiger partial charge in [0.25, 0.3) is 0 Å². The molecule has 0 rings (SSSR count). The fourth-order valence-corrected chi connectivity index (χ4v) is 0.869. The predicted octanol–water partition coefficient (Wildman–Crippen LogP) is 2.34. The third-order valence-electron chi connectivity index (χ3n) is 1.97. The standard InChI is InChI=1S/C10H21NO/c1-5-9(4)11-10(12)7-6-8(2)3/h8-9H,5-7H2,1-4H3,(H,11,12). The Morgan fingerprint density at radius 2 is 1.92 bits per heavy atom. The van der Waals surface area contributed by atoms with Gasteiger partial charge in [0.2, 0.25) is 5.91 Å². The lowest BCUT2D eigenvalue weighted by atomic mass is 10.1. The summed E-state index contributed by atoms with van der Waals surface area (Å²) in [6.07, 6.45) is 2.66. The van der Waals surface area contributed by atoms with Crippen molar-refractivity contribution in [2.45, 2.75) is 53.0 Å². The molecule has 0 aliphatic heterocycles. The monoisotopic (exact) mass is 171 g/mol. The van der Waals surface area contributed by atoms with Gasteiger partial charge in [0.1, 0.15) is 0 Å². The number of hydrogen-bond acceptors (Lipinski definition) is 1. The van der Waals surface area contributed by atoms with Crippen molar-refractivity contribution >= 4 is 5.91 Å². The zero-order valence-electron chi connectivity index (χ0n) is 8.68. The van der Waals surface area contributed by atoms with E-state index in [-0.39, 0.29) is 5.91 Å². The third kappa shape index (κ3) is 6.20. The minimum atomic E-state index is 0.193. The van der Waals surface area contributed by atoms with Crippen LogP contribution in [0.4, 0.5) is 0 Å². The lowest BCUT2D eigenvalue weighted by Gasteiger charge is -2.11. The van der Waals surface area contributed by atoms with Crippen molar-refractivity contribution in [3.63, 3.8) is 0 Å². The van der Waals surface area contributed by atoms with Gasteiger partial charge in [0.05, 0.1) is 0 Å². The van der Waals surface area contributed by atoms with Crippen molar-refractivity contribution in [2.75, 3.05) is 0 Å². The van der Waals surface area contributed by atoms with Gasteiger partial charge in [-0.3, -0.25) is 4.79 Å². The summed E-state index contributed by atoms with van der Waals surface area (Å²) in [4.78, 5) is 11.2. The molecule has 0 radical (unpaired) electrons. The number of carbonyl (C=O) groups is 1.